The quantitative estimate of drug-likeness (QED) is 0.147. The zero-order chi connectivity index (χ0) is 40.9. The SMILES string of the molecule is CC(=N)c1ccc(CNC(=O)[C@H]2CC(=O)[C@H](CC(=O)CCCc3ccccc3)Cc3ccc(cc3)NC(=O)CN3CCN(CC3)CC(=O)Nc3ccc(cc3)C2)cc1. The van der Waals surface area contributed by atoms with Gasteiger partial charge in [-0.05, 0) is 84.7 Å². The third-order valence-electron chi connectivity index (χ3n) is 11.0. The highest BCUT2D eigenvalue weighted by Gasteiger charge is 2.29. The Morgan fingerprint density at radius 1 is 0.690 bits per heavy atom. The fourth-order valence-corrected chi connectivity index (χ4v) is 7.61. The molecule has 0 spiro atoms. The summed E-state index contributed by atoms with van der Waals surface area (Å²) in [5.74, 6) is -2.04. The summed E-state index contributed by atoms with van der Waals surface area (Å²) in [5, 5.41) is 16.9. The van der Waals surface area contributed by atoms with Crippen molar-refractivity contribution >= 4 is 46.4 Å². The standard InChI is InChI=1S/C47H54N6O5/c1-33(48)38-16-10-37(11-17-38)30-49-47(58)40-27-36-14-20-42(21-15-36)51-46(57)32-53-24-22-52(23-25-53)31-45(56)50-41-18-12-35(13-19-41)26-39(44(55)29-40)28-43(54)9-5-8-34-6-3-2-4-7-34/h2-4,6-7,10-21,39-40,48H,5,8-9,22-32H2,1H3,(H,49,58)(H,50,56)(H,51,57)/t39-,40+/m0/s1. The number of benzene rings is 4. The molecule has 0 saturated carbocycles. The number of aryl methyl sites for hydroxylation is 1. The van der Waals surface area contributed by atoms with Crippen molar-refractivity contribution < 1.29 is 24.0 Å². The molecule has 58 heavy (non-hydrogen) atoms. The van der Waals surface area contributed by atoms with E-state index in [4.69, 9.17) is 5.41 Å². The Bertz CT molecular complexity index is 2040. The highest BCUT2D eigenvalue weighted by Crippen LogP contribution is 2.24. The van der Waals surface area contributed by atoms with Crippen molar-refractivity contribution in [3.8, 4) is 0 Å². The van der Waals surface area contributed by atoms with Gasteiger partial charge in [0.25, 0.3) is 0 Å². The number of rotatable bonds is 10. The van der Waals surface area contributed by atoms with Crippen LogP contribution in [0.5, 0.6) is 0 Å². The molecular formula is C47H54N6O5. The van der Waals surface area contributed by atoms with Crippen molar-refractivity contribution in [1.82, 2.24) is 15.1 Å². The summed E-state index contributed by atoms with van der Waals surface area (Å²) in [6.45, 7) is 5.12. The number of hydrogen-bond acceptors (Lipinski definition) is 8. The van der Waals surface area contributed by atoms with E-state index in [2.05, 4.69) is 25.8 Å². The monoisotopic (exact) mass is 782 g/mol. The lowest BCUT2D eigenvalue weighted by Gasteiger charge is -2.33. The van der Waals surface area contributed by atoms with Gasteiger partial charge in [-0.1, -0.05) is 78.9 Å². The highest BCUT2D eigenvalue weighted by atomic mass is 16.2. The second kappa shape index (κ2) is 20.6. The normalized spacial score (nSPS) is 20.5. The first-order chi connectivity index (χ1) is 28.1. The third-order valence-corrected chi connectivity index (χ3v) is 11.0. The van der Waals surface area contributed by atoms with Crippen LogP contribution in [0.15, 0.2) is 103 Å². The molecule has 4 aromatic rings. The lowest BCUT2D eigenvalue weighted by Crippen LogP contribution is -2.50. The van der Waals surface area contributed by atoms with Crippen LogP contribution in [0.4, 0.5) is 11.4 Å². The number of nitrogens with zero attached hydrogens (tertiary/aromatic N) is 2. The Morgan fingerprint density at radius 2 is 1.24 bits per heavy atom. The molecule has 302 valence electrons. The van der Waals surface area contributed by atoms with E-state index in [1.807, 2.05) is 103 Å². The van der Waals surface area contributed by atoms with Gasteiger partial charge in [0.1, 0.15) is 11.6 Å². The summed E-state index contributed by atoms with van der Waals surface area (Å²) < 4.78 is 0. The first-order valence-electron chi connectivity index (χ1n) is 20.3. The molecule has 3 amide bonds. The second-order valence-electron chi connectivity index (χ2n) is 15.6. The van der Waals surface area contributed by atoms with E-state index in [0.717, 1.165) is 34.2 Å². The molecule has 6 heterocycles. The van der Waals surface area contributed by atoms with Crippen molar-refractivity contribution in [2.75, 3.05) is 49.9 Å². The topological polar surface area (TPSA) is 152 Å². The Hall–Kier alpha value is -5.78. The van der Waals surface area contributed by atoms with E-state index < -0.39 is 11.8 Å². The van der Waals surface area contributed by atoms with Gasteiger partial charge in [0.05, 0.1) is 13.1 Å². The Balaban J connectivity index is 1.23. The smallest absolute Gasteiger partial charge is 0.238 e. The number of piperazine rings is 1. The Kier molecular flexibility index (Phi) is 14.8. The zero-order valence-electron chi connectivity index (χ0n) is 33.3. The number of fused-ring (bicyclic) bond motifs is 1. The van der Waals surface area contributed by atoms with Crippen LogP contribution >= 0.6 is 0 Å². The first-order valence-corrected chi connectivity index (χ1v) is 20.3. The van der Waals surface area contributed by atoms with Crippen LogP contribution in [0, 0.1) is 17.2 Å². The summed E-state index contributed by atoms with van der Waals surface area (Å²) in [7, 11) is 0. The van der Waals surface area contributed by atoms with Crippen LogP contribution in [0.2, 0.25) is 0 Å². The number of ketones is 2. The van der Waals surface area contributed by atoms with E-state index in [1.54, 1.807) is 6.92 Å². The molecule has 6 bridgehead atoms. The number of carbonyl (C=O) groups is 5. The predicted molar refractivity (Wildman–Crippen MR) is 227 cm³/mol. The predicted octanol–water partition coefficient (Wildman–Crippen LogP) is 5.86. The highest BCUT2D eigenvalue weighted by molar-refractivity contribution is 5.96. The third kappa shape index (κ3) is 12.9. The van der Waals surface area contributed by atoms with Gasteiger partial charge < -0.3 is 21.4 Å². The Morgan fingerprint density at radius 3 is 1.79 bits per heavy atom. The van der Waals surface area contributed by atoms with E-state index in [-0.39, 0.29) is 68.2 Å². The van der Waals surface area contributed by atoms with Gasteiger partial charge in [-0.25, -0.2) is 0 Å². The fourth-order valence-electron chi connectivity index (χ4n) is 7.61. The molecule has 1 saturated heterocycles. The second-order valence-corrected chi connectivity index (χ2v) is 15.6. The largest absolute Gasteiger partial charge is 0.352 e. The number of Topliss-reactive ketones (excluding diaryl/α,β-unsaturated/α-hetero) is 2. The number of nitrogens with one attached hydrogen (secondary N) is 4. The molecule has 4 aromatic carbocycles. The lowest BCUT2D eigenvalue weighted by molar-refractivity contribution is -0.132. The summed E-state index contributed by atoms with van der Waals surface area (Å²) >= 11 is 0. The summed E-state index contributed by atoms with van der Waals surface area (Å²) in [5.41, 5.74) is 6.26. The number of anilines is 2. The molecule has 0 radical (unpaired) electrons. The number of carbonyl (C=O) groups excluding carboxylic acids is 5. The summed E-state index contributed by atoms with van der Waals surface area (Å²) in [4.78, 5) is 71.9. The molecular weight excluding hydrogens is 729 g/mol. The van der Waals surface area contributed by atoms with E-state index in [0.29, 0.717) is 62.5 Å². The minimum atomic E-state index is -0.714. The van der Waals surface area contributed by atoms with Crippen LogP contribution in [0.1, 0.15) is 60.4 Å². The van der Waals surface area contributed by atoms with Crippen molar-refractivity contribution in [1.29, 1.82) is 5.41 Å². The zero-order valence-corrected chi connectivity index (χ0v) is 33.3. The molecule has 10 rings (SSSR count). The average Bonchev–Trinajstić information content (AvgIpc) is 3.21. The molecule has 0 aliphatic carbocycles. The van der Waals surface area contributed by atoms with E-state index >= 15 is 0 Å². The van der Waals surface area contributed by atoms with Gasteiger partial charge in [-0.2, -0.15) is 0 Å². The van der Waals surface area contributed by atoms with Crippen LogP contribution in [-0.4, -0.2) is 84.1 Å². The minimum Gasteiger partial charge on any atom is -0.352 e. The Labute approximate surface area is 341 Å². The van der Waals surface area contributed by atoms with Crippen LogP contribution < -0.4 is 16.0 Å². The summed E-state index contributed by atoms with van der Waals surface area (Å²) in [6, 6.07) is 32.2. The molecule has 0 aromatic heterocycles. The van der Waals surface area contributed by atoms with Crippen molar-refractivity contribution in [3.63, 3.8) is 0 Å². The van der Waals surface area contributed by atoms with Gasteiger partial charge in [0, 0.05) is 80.9 Å². The maximum Gasteiger partial charge on any atom is 0.238 e. The maximum absolute atomic E-state index is 14.4. The van der Waals surface area contributed by atoms with Gasteiger partial charge in [-0.3, -0.25) is 33.8 Å². The first kappa shape index (κ1) is 41.8. The average molecular weight is 783 g/mol. The fraction of sp³-hybridized carbons (Fsp3) is 0.362. The van der Waals surface area contributed by atoms with E-state index in [9.17, 15) is 24.0 Å². The molecule has 4 N–H and O–H groups in total. The number of amides is 3. The molecule has 2 atom stereocenters. The summed E-state index contributed by atoms with van der Waals surface area (Å²) in [6.07, 6.45) is 2.41. The van der Waals surface area contributed by atoms with Crippen LogP contribution in [-0.2, 0) is 49.8 Å². The van der Waals surface area contributed by atoms with Crippen molar-refractivity contribution in [2.24, 2.45) is 11.8 Å². The molecule has 11 heteroatoms. The lowest BCUT2D eigenvalue weighted by atomic mass is 9.83. The van der Waals surface area contributed by atoms with Gasteiger partial charge in [0.15, 0.2) is 0 Å². The van der Waals surface area contributed by atoms with Gasteiger partial charge in [-0.15, -0.1) is 0 Å². The molecule has 0 unspecified atom stereocenters. The van der Waals surface area contributed by atoms with Crippen molar-refractivity contribution in [3.05, 3.63) is 131 Å². The van der Waals surface area contributed by atoms with Gasteiger partial charge >= 0.3 is 0 Å². The molecule has 1 fully saturated rings. The molecule has 6 aliphatic heterocycles. The molecule has 6 aliphatic rings. The van der Waals surface area contributed by atoms with Gasteiger partial charge in [0.2, 0.25) is 17.7 Å². The molecule has 11 nitrogen and oxygen atoms in total. The van der Waals surface area contributed by atoms with Crippen LogP contribution in [0.25, 0.3) is 0 Å². The maximum atomic E-state index is 14.4. The minimum absolute atomic E-state index is 0.00871. The van der Waals surface area contributed by atoms with E-state index in [1.165, 1.54) is 0 Å². The van der Waals surface area contributed by atoms with Crippen LogP contribution in [0.3, 0.4) is 0 Å². The number of hydrogen-bond donors (Lipinski definition) is 4. The van der Waals surface area contributed by atoms with Crippen molar-refractivity contribution in [2.45, 2.75) is 58.4 Å².